The van der Waals surface area contributed by atoms with Gasteiger partial charge in [-0.25, -0.2) is 0 Å². The van der Waals surface area contributed by atoms with E-state index >= 15 is 0 Å². The number of nitrogens with one attached hydrogen (secondary N) is 1. The molecule has 0 radical (unpaired) electrons. The van der Waals surface area contributed by atoms with E-state index in [1.54, 1.807) is 23.1 Å². The van der Waals surface area contributed by atoms with Crippen molar-refractivity contribution in [3.8, 4) is 5.75 Å². The van der Waals surface area contributed by atoms with Gasteiger partial charge in [-0.05, 0) is 42.3 Å². The zero-order chi connectivity index (χ0) is 17.8. The Bertz CT molecular complexity index is 807. The maximum atomic E-state index is 12.3. The summed E-state index contributed by atoms with van der Waals surface area (Å²) >= 11 is 6.06. The van der Waals surface area contributed by atoms with Gasteiger partial charge in [-0.15, -0.1) is 0 Å². The minimum Gasteiger partial charge on any atom is -0.495 e. The van der Waals surface area contributed by atoms with Gasteiger partial charge in [0.15, 0.2) is 0 Å². The van der Waals surface area contributed by atoms with Crippen LogP contribution in [0.2, 0.25) is 5.02 Å². The lowest BCUT2D eigenvalue weighted by Gasteiger charge is -2.16. The monoisotopic (exact) mass is 358 g/mol. The summed E-state index contributed by atoms with van der Waals surface area (Å²) in [5.74, 6) is 0.461. The number of ether oxygens (including phenoxy) is 1. The van der Waals surface area contributed by atoms with Crippen molar-refractivity contribution in [2.75, 3.05) is 18.6 Å². The van der Waals surface area contributed by atoms with Crippen LogP contribution in [-0.2, 0) is 11.3 Å². The summed E-state index contributed by atoms with van der Waals surface area (Å²) in [7, 11) is 1.53. The number of anilines is 1. The van der Waals surface area contributed by atoms with Gasteiger partial charge in [0.05, 0.1) is 12.1 Å². The topological polar surface area (TPSA) is 58.6 Å². The molecule has 1 saturated heterocycles. The molecule has 1 fully saturated rings. The third-order valence-corrected chi connectivity index (χ3v) is 4.46. The predicted octanol–water partition coefficient (Wildman–Crippen LogP) is 3.41. The summed E-state index contributed by atoms with van der Waals surface area (Å²) in [6.45, 7) is 1.12. The molecule has 1 heterocycles. The first-order valence-corrected chi connectivity index (χ1v) is 8.47. The predicted molar refractivity (Wildman–Crippen MR) is 97.2 cm³/mol. The van der Waals surface area contributed by atoms with Crippen molar-refractivity contribution in [2.24, 2.45) is 0 Å². The van der Waals surface area contributed by atoms with Crippen molar-refractivity contribution in [3.63, 3.8) is 0 Å². The number of hydrogen-bond donors (Lipinski definition) is 1. The first-order valence-electron chi connectivity index (χ1n) is 8.09. The number of methoxy groups -OCH3 is 1. The molecule has 2 aromatic rings. The molecule has 6 heteroatoms. The van der Waals surface area contributed by atoms with Gasteiger partial charge in [0, 0.05) is 30.8 Å². The van der Waals surface area contributed by atoms with E-state index in [4.69, 9.17) is 16.3 Å². The quantitative estimate of drug-likeness (QED) is 0.891. The molecule has 0 unspecified atom stereocenters. The fraction of sp³-hybridized carbons (Fsp3) is 0.263. The molecule has 0 aliphatic carbocycles. The van der Waals surface area contributed by atoms with Crippen molar-refractivity contribution in [1.82, 2.24) is 5.32 Å². The Morgan fingerprint density at radius 2 is 2.12 bits per heavy atom. The van der Waals surface area contributed by atoms with E-state index in [0.717, 1.165) is 24.2 Å². The molecule has 0 saturated carbocycles. The van der Waals surface area contributed by atoms with E-state index in [1.807, 2.05) is 24.3 Å². The highest BCUT2D eigenvalue weighted by atomic mass is 35.5. The first kappa shape index (κ1) is 17.3. The number of rotatable bonds is 5. The SMILES string of the molecule is COc1ccc(C(=O)NCc2cccc(N3CCCC3=O)c2)cc1Cl. The van der Waals surface area contributed by atoms with Crippen LogP contribution in [0, 0.1) is 0 Å². The van der Waals surface area contributed by atoms with Gasteiger partial charge in [-0.1, -0.05) is 23.7 Å². The van der Waals surface area contributed by atoms with Crippen LogP contribution in [0.15, 0.2) is 42.5 Å². The van der Waals surface area contributed by atoms with Gasteiger partial charge >= 0.3 is 0 Å². The molecular formula is C19H19ClN2O3. The number of benzene rings is 2. The Kier molecular flexibility index (Phi) is 5.24. The van der Waals surface area contributed by atoms with Gasteiger partial charge in [-0.3, -0.25) is 9.59 Å². The van der Waals surface area contributed by atoms with Crippen molar-refractivity contribution >= 4 is 29.1 Å². The third-order valence-electron chi connectivity index (χ3n) is 4.16. The van der Waals surface area contributed by atoms with Crippen LogP contribution in [0.5, 0.6) is 5.75 Å². The van der Waals surface area contributed by atoms with Gasteiger partial charge in [0.2, 0.25) is 5.91 Å². The van der Waals surface area contributed by atoms with Gasteiger partial charge in [-0.2, -0.15) is 0 Å². The summed E-state index contributed by atoms with van der Waals surface area (Å²) in [6, 6.07) is 12.6. The standard InChI is InChI=1S/C19H19ClN2O3/c1-25-17-8-7-14(11-16(17)20)19(24)21-12-13-4-2-5-15(10-13)22-9-3-6-18(22)23/h2,4-5,7-8,10-11H,3,6,9,12H2,1H3,(H,21,24). The smallest absolute Gasteiger partial charge is 0.251 e. The van der Waals surface area contributed by atoms with Crippen LogP contribution >= 0.6 is 11.6 Å². The Morgan fingerprint density at radius 3 is 2.80 bits per heavy atom. The summed E-state index contributed by atoms with van der Waals surface area (Å²) in [4.78, 5) is 25.9. The summed E-state index contributed by atoms with van der Waals surface area (Å²) in [5.41, 5.74) is 2.28. The average Bonchev–Trinajstić information content (AvgIpc) is 3.06. The lowest BCUT2D eigenvalue weighted by atomic mass is 10.1. The third kappa shape index (κ3) is 3.94. The normalized spacial score (nSPS) is 13.8. The maximum absolute atomic E-state index is 12.3. The molecule has 2 amide bonds. The van der Waals surface area contributed by atoms with Crippen molar-refractivity contribution in [1.29, 1.82) is 0 Å². The first-order chi connectivity index (χ1) is 12.1. The minimum absolute atomic E-state index is 0.147. The van der Waals surface area contributed by atoms with Crippen molar-refractivity contribution in [3.05, 3.63) is 58.6 Å². The molecule has 130 valence electrons. The Hall–Kier alpha value is -2.53. The molecule has 1 N–H and O–H groups in total. The summed E-state index contributed by atoms with van der Waals surface area (Å²) in [5, 5.41) is 3.26. The molecule has 0 aromatic heterocycles. The summed E-state index contributed by atoms with van der Waals surface area (Å²) < 4.78 is 5.08. The van der Waals surface area contributed by atoms with Crippen LogP contribution in [-0.4, -0.2) is 25.5 Å². The molecule has 3 rings (SSSR count). The molecule has 0 spiro atoms. The lowest BCUT2D eigenvalue weighted by Crippen LogP contribution is -2.25. The van der Waals surface area contributed by atoms with E-state index in [2.05, 4.69) is 5.32 Å². The van der Waals surface area contributed by atoms with Crippen molar-refractivity contribution < 1.29 is 14.3 Å². The number of carbonyl (C=O) groups excluding carboxylic acids is 2. The van der Waals surface area contributed by atoms with Gasteiger partial charge in [0.25, 0.3) is 5.91 Å². The second kappa shape index (κ2) is 7.57. The van der Waals surface area contributed by atoms with E-state index < -0.39 is 0 Å². The zero-order valence-corrected chi connectivity index (χ0v) is 14.7. The maximum Gasteiger partial charge on any atom is 0.251 e. The van der Waals surface area contributed by atoms with Crippen LogP contribution < -0.4 is 15.0 Å². The number of amides is 2. The molecular weight excluding hydrogens is 340 g/mol. The van der Waals surface area contributed by atoms with E-state index in [1.165, 1.54) is 7.11 Å². The Balaban J connectivity index is 1.66. The minimum atomic E-state index is -0.216. The number of nitrogens with zero attached hydrogens (tertiary/aromatic N) is 1. The second-order valence-electron chi connectivity index (χ2n) is 5.85. The van der Waals surface area contributed by atoms with Gasteiger partial charge < -0.3 is 15.0 Å². The average molecular weight is 359 g/mol. The van der Waals surface area contributed by atoms with Crippen LogP contribution in [0.4, 0.5) is 5.69 Å². The molecule has 1 aliphatic rings. The lowest BCUT2D eigenvalue weighted by molar-refractivity contribution is -0.117. The highest BCUT2D eigenvalue weighted by Crippen LogP contribution is 2.25. The number of halogens is 1. The fourth-order valence-corrected chi connectivity index (χ4v) is 3.11. The van der Waals surface area contributed by atoms with Crippen LogP contribution in [0.1, 0.15) is 28.8 Å². The second-order valence-corrected chi connectivity index (χ2v) is 6.26. The van der Waals surface area contributed by atoms with Gasteiger partial charge in [0.1, 0.15) is 5.75 Å². The Labute approximate surface area is 151 Å². The molecule has 1 aliphatic heterocycles. The summed E-state index contributed by atoms with van der Waals surface area (Å²) in [6.07, 6.45) is 1.48. The number of carbonyl (C=O) groups is 2. The molecule has 5 nitrogen and oxygen atoms in total. The fourth-order valence-electron chi connectivity index (χ4n) is 2.85. The van der Waals surface area contributed by atoms with Crippen LogP contribution in [0.3, 0.4) is 0 Å². The van der Waals surface area contributed by atoms with Crippen LogP contribution in [0.25, 0.3) is 0 Å². The highest BCUT2D eigenvalue weighted by Gasteiger charge is 2.21. The molecule has 25 heavy (non-hydrogen) atoms. The van der Waals surface area contributed by atoms with E-state index in [-0.39, 0.29) is 11.8 Å². The van der Waals surface area contributed by atoms with Crippen molar-refractivity contribution in [2.45, 2.75) is 19.4 Å². The highest BCUT2D eigenvalue weighted by molar-refractivity contribution is 6.32. The molecule has 0 atom stereocenters. The largest absolute Gasteiger partial charge is 0.495 e. The van der Waals surface area contributed by atoms with E-state index in [9.17, 15) is 9.59 Å². The molecule has 2 aromatic carbocycles. The molecule has 0 bridgehead atoms. The zero-order valence-electron chi connectivity index (χ0n) is 13.9. The number of hydrogen-bond acceptors (Lipinski definition) is 3. The van der Waals surface area contributed by atoms with E-state index in [0.29, 0.717) is 29.3 Å². The Morgan fingerprint density at radius 1 is 1.28 bits per heavy atom.